The van der Waals surface area contributed by atoms with Crippen LogP contribution in [0.1, 0.15) is 23.6 Å². The van der Waals surface area contributed by atoms with Crippen molar-refractivity contribution in [1.82, 2.24) is 0 Å². The van der Waals surface area contributed by atoms with Crippen molar-refractivity contribution in [3.05, 3.63) is 34.9 Å². The lowest BCUT2D eigenvalue weighted by molar-refractivity contribution is -0.185. The lowest BCUT2D eigenvalue weighted by Crippen LogP contribution is -2.57. The summed E-state index contributed by atoms with van der Waals surface area (Å²) in [5, 5.41) is 0. The van der Waals surface area contributed by atoms with Crippen molar-refractivity contribution in [2.75, 3.05) is 0 Å². The van der Waals surface area contributed by atoms with E-state index in [0.717, 1.165) is 11.1 Å². The average molecular weight is 259 g/mol. The number of ketones is 1. The quantitative estimate of drug-likeness (QED) is 0.907. The first-order chi connectivity index (χ1) is 8.07. The van der Waals surface area contributed by atoms with Crippen LogP contribution in [0.5, 0.6) is 0 Å². The van der Waals surface area contributed by atoms with Crippen molar-refractivity contribution in [1.29, 1.82) is 0 Å². The first kappa shape index (κ1) is 14.7. The molecule has 0 aliphatic heterocycles. The van der Waals surface area contributed by atoms with Crippen LogP contribution in [-0.4, -0.2) is 17.5 Å². The Morgan fingerprint density at radius 3 is 2.06 bits per heavy atom. The number of aryl methyl sites for hydroxylation is 2. The van der Waals surface area contributed by atoms with Gasteiger partial charge in [-0.05, 0) is 37.5 Å². The summed E-state index contributed by atoms with van der Waals surface area (Å²) in [6, 6.07) is 5.32. The Kier molecular flexibility index (Phi) is 3.86. The van der Waals surface area contributed by atoms with E-state index in [2.05, 4.69) is 0 Å². The molecule has 0 saturated heterocycles. The molecule has 1 aromatic rings. The summed E-state index contributed by atoms with van der Waals surface area (Å²) in [7, 11) is 0. The molecular weight excluding hydrogens is 243 g/mol. The Labute approximate surface area is 104 Å². The van der Waals surface area contributed by atoms with Gasteiger partial charge in [0.15, 0.2) is 11.3 Å². The number of carbonyl (C=O) groups is 1. The maximum atomic E-state index is 12.6. The Bertz CT molecular complexity index is 444. The summed E-state index contributed by atoms with van der Waals surface area (Å²) < 4.78 is 37.9. The van der Waals surface area contributed by atoms with E-state index in [1.165, 1.54) is 0 Å². The maximum absolute atomic E-state index is 12.6. The topological polar surface area (TPSA) is 43.1 Å². The van der Waals surface area contributed by atoms with Crippen LogP contribution in [-0.2, 0) is 11.2 Å². The number of rotatable bonds is 3. The van der Waals surface area contributed by atoms with Gasteiger partial charge < -0.3 is 5.73 Å². The average Bonchev–Trinajstić information content (AvgIpc) is 2.21. The van der Waals surface area contributed by atoms with Gasteiger partial charge in [0.05, 0.1) is 0 Å². The van der Waals surface area contributed by atoms with Crippen LogP contribution in [0.2, 0.25) is 0 Å². The van der Waals surface area contributed by atoms with Crippen molar-refractivity contribution in [3.8, 4) is 0 Å². The van der Waals surface area contributed by atoms with Gasteiger partial charge in [0, 0.05) is 6.42 Å². The molecule has 0 aromatic heterocycles. The summed E-state index contributed by atoms with van der Waals surface area (Å²) in [5.41, 5.74) is 4.51. The summed E-state index contributed by atoms with van der Waals surface area (Å²) >= 11 is 0. The number of benzene rings is 1. The molecule has 0 spiro atoms. The van der Waals surface area contributed by atoms with Crippen molar-refractivity contribution >= 4 is 5.78 Å². The molecule has 0 fully saturated rings. The third-order valence-electron chi connectivity index (χ3n) is 3.15. The van der Waals surface area contributed by atoms with Crippen LogP contribution in [0.3, 0.4) is 0 Å². The molecule has 0 radical (unpaired) electrons. The number of hydrogen-bond acceptors (Lipinski definition) is 2. The van der Waals surface area contributed by atoms with Crippen LogP contribution in [0.25, 0.3) is 0 Å². The van der Waals surface area contributed by atoms with Gasteiger partial charge in [-0.2, -0.15) is 13.2 Å². The second kappa shape index (κ2) is 4.72. The van der Waals surface area contributed by atoms with E-state index in [-0.39, 0.29) is 6.42 Å². The smallest absolute Gasteiger partial charge is 0.312 e. The molecule has 1 atom stereocenters. The zero-order chi connectivity index (χ0) is 14.1. The highest BCUT2D eigenvalue weighted by Crippen LogP contribution is 2.30. The number of carbonyl (C=O) groups excluding carboxylic acids is 1. The molecule has 5 heteroatoms. The van der Waals surface area contributed by atoms with Gasteiger partial charge >= 0.3 is 6.18 Å². The van der Waals surface area contributed by atoms with E-state index in [0.29, 0.717) is 12.5 Å². The van der Waals surface area contributed by atoms with Gasteiger partial charge in [0.2, 0.25) is 0 Å². The maximum Gasteiger partial charge on any atom is 0.413 e. The summed E-state index contributed by atoms with van der Waals surface area (Å²) in [5.74, 6) is -1.02. The lowest BCUT2D eigenvalue weighted by atomic mass is 9.89. The van der Waals surface area contributed by atoms with Crippen LogP contribution < -0.4 is 5.73 Å². The van der Waals surface area contributed by atoms with Crippen molar-refractivity contribution < 1.29 is 18.0 Å². The molecule has 2 N–H and O–H groups in total. The first-order valence-corrected chi connectivity index (χ1v) is 5.51. The van der Waals surface area contributed by atoms with E-state index in [9.17, 15) is 18.0 Å². The Morgan fingerprint density at radius 1 is 1.22 bits per heavy atom. The minimum absolute atomic E-state index is 0.301. The molecule has 0 amide bonds. The molecule has 100 valence electrons. The van der Waals surface area contributed by atoms with Crippen LogP contribution in [0.4, 0.5) is 13.2 Å². The predicted molar refractivity (Wildman–Crippen MR) is 63.3 cm³/mol. The molecule has 1 aromatic carbocycles. The second-order valence-corrected chi connectivity index (χ2v) is 4.67. The van der Waals surface area contributed by atoms with Crippen molar-refractivity contribution in [2.45, 2.75) is 38.9 Å². The molecule has 1 unspecified atom stereocenters. The van der Waals surface area contributed by atoms with E-state index in [4.69, 9.17) is 5.73 Å². The number of nitrogens with two attached hydrogens (primary N) is 1. The minimum atomic E-state index is -4.74. The Morgan fingerprint density at radius 2 is 1.67 bits per heavy atom. The van der Waals surface area contributed by atoms with Crippen LogP contribution in [0.15, 0.2) is 18.2 Å². The second-order valence-electron chi connectivity index (χ2n) is 4.67. The molecule has 0 heterocycles. The van der Waals surface area contributed by atoms with Gasteiger partial charge in [-0.1, -0.05) is 18.2 Å². The van der Waals surface area contributed by atoms with Crippen LogP contribution >= 0.6 is 0 Å². The largest absolute Gasteiger partial charge is 0.413 e. The molecular formula is C13H16F3NO. The number of hydrogen-bond donors (Lipinski definition) is 1. The number of alkyl halides is 3. The molecule has 0 aliphatic carbocycles. The van der Waals surface area contributed by atoms with Gasteiger partial charge in [-0.25, -0.2) is 0 Å². The SMILES string of the molecule is Cc1cccc(C)c1CC(=O)C(C)(N)C(F)(F)F. The van der Waals surface area contributed by atoms with Gasteiger partial charge in [0.25, 0.3) is 0 Å². The summed E-state index contributed by atoms with van der Waals surface area (Å²) in [6.07, 6.45) is -5.04. The van der Waals surface area contributed by atoms with Gasteiger partial charge in [0.1, 0.15) is 0 Å². The van der Waals surface area contributed by atoms with Crippen LogP contribution in [0, 0.1) is 13.8 Å². The number of Topliss-reactive ketones (excluding diaryl/α,β-unsaturated/α-hetero) is 1. The highest BCUT2D eigenvalue weighted by molar-refractivity contribution is 5.90. The van der Waals surface area contributed by atoms with E-state index < -0.39 is 17.5 Å². The molecule has 0 aliphatic rings. The van der Waals surface area contributed by atoms with Crippen molar-refractivity contribution in [3.63, 3.8) is 0 Å². The molecule has 1 rings (SSSR count). The van der Waals surface area contributed by atoms with E-state index >= 15 is 0 Å². The fraction of sp³-hybridized carbons (Fsp3) is 0.462. The highest BCUT2D eigenvalue weighted by atomic mass is 19.4. The zero-order valence-electron chi connectivity index (χ0n) is 10.6. The summed E-state index contributed by atoms with van der Waals surface area (Å²) in [4.78, 5) is 11.7. The molecule has 0 saturated carbocycles. The third kappa shape index (κ3) is 2.72. The van der Waals surface area contributed by atoms with Gasteiger partial charge in [-0.3, -0.25) is 4.79 Å². The van der Waals surface area contributed by atoms with Gasteiger partial charge in [-0.15, -0.1) is 0 Å². The van der Waals surface area contributed by atoms with E-state index in [1.807, 2.05) is 0 Å². The van der Waals surface area contributed by atoms with E-state index in [1.54, 1.807) is 32.0 Å². The lowest BCUT2D eigenvalue weighted by Gasteiger charge is -2.26. The minimum Gasteiger partial charge on any atom is -0.312 e. The zero-order valence-corrected chi connectivity index (χ0v) is 10.6. The Hall–Kier alpha value is -1.36. The first-order valence-electron chi connectivity index (χ1n) is 5.51. The molecule has 0 bridgehead atoms. The monoisotopic (exact) mass is 259 g/mol. The normalized spacial score (nSPS) is 15.3. The number of halogens is 3. The highest BCUT2D eigenvalue weighted by Gasteiger charge is 2.53. The predicted octanol–water partition coefficient (Wildman–Crippen LogP) is 2.69. The standard InChI is InChI=1S/C13H16F3NO/c1-8-5-4-6-9(2)10(8)7-11(18)12(3,17)13(14,15)16/h4-6H,7,17H2,1-3H3. The molecule has 2 nitrogen and oxygen atoms in total. The fourth-order valence-corrected chi connectivity index (χ4v) is 1.63. The molecule has 18 heavy (non-hydrogen) atoms. The fourth-order valence-electron chi connectivity index (χ4n) is 1.63. The Balaban J connectivity index is 3.03. The van der Waals surface area contributed by atoms with Crippen molar-refractivity contribution in [2.24, 2.45) is 5.73 Å². The summed E-state index contributed by atoms with van der Waals surface area (Å²) in [6.45, 7) is 4.23. The third-order valence-corrected chi connectivity index (χ3v) is 3.15.